The van der Waals surface area contributed by atoms with E-state index < -0.39 is 48.0 Å². The van der Waals surface area contributed by atoms with Crippen LogP contribution in [0.25, 0.3) is 0 Å². The van der Waals surface area contributed by atoms with Gasteiger partial charge < -0.3 is 25.2 Å². The molecule has 2 heterocycles. The monoisotopic (exact) mass is 342 g/mol. The maximum Gasteiger partial charge on any atom is 0.336 e. The van der Waals surface area contributed by atoms with Gasteiger partial charge >= 0.3 is 11.9 Å². The topological polar surface area (TPSA) is 137 Å². The van der Waals surface area contributed by atoms with Gasteiger partial charge in [0.25, 0.3) is 5.91 Å². The second kappa shape index (κ2) is 7.16. The van der Waals surface area contributed by atoms with Crippen LogP contribution in [0.5, 0.6) is 0 Å². The van der Waals surface area contributed by atoms with E-state index >= 15 is 0 Å². The van der Waals surface area contributed by atoms with E-state index in [4.69, 9.17) is 9.84 Å². The highest BCUT2D eigenvalue weighted by atomic mass is 16.6. The number of nitrogens with one attached hydrogen (secondary N) is 1. The first kappa shape index (κ1) is 18.2. The molecule has 2 fully saturated rings. The molecule has 0 aromatic heterocycles. The number of ether oxygens (including phenoxy) is 1. The first-order valence-corrected chi connectivity index (χ1v) is 7.99. The van der Waals surface area contributed by atoms with Crippen LogP contribution < -0.4 is 5.32 Å². The van der Waals surface area contributed by atoms with Crippen LogP contribution in [-0.4, -0.2) is 69.7 Å². The van der Waals surface area contributed by atoms with E-state index in [1.165, 1.54) is 4.90 Å². The second-order valence-corrected chi connectivity index (χ2v) is 6.22. The highest BCUT2D eigenvalue weighted by Gasteiger charge is 2.52. The summed E-state index contributed by atoms with van der Waals surface area (Å²) in [5, 5.41) is 20.6. The number of carbonyl (C=O) groups is 4. The average Bonchev–Trinajstić information content (AvgIpc) is 3.20. The van der Waals surface area contributed by atoms with Gasteiger partial charge in [0.2, 0.25) is 5.91 Å². The third kappa shape index (κ3) is 3.66. The third-order valence-corrected chi connectivity index (χ3v) is 4.59. The maximum absolute atomic E-state index is 12.7. The predicted octanol–water partition coefficient (Wildman–Crippen LogP) is -0.555. The second-order valence-electron chi connectivity index (χ2n) is 6.22. The number of carboxylic acid groups (broad SMARTS) is 2. The zero-order chi connectivity index (χ0) is 18.0. The number of carbonyl (C=O) groups excluding carboxylic acids is 2. The fourth-order valence-corrected chi connectivity index (χ4v) is 2.88. The molecule has 2 aliphatic rings. The Bertz CT molecular complexity index is 550. The number of hydrogen-bond donors (Lipinski definition) is 3. The lowest BCUT2D eigenvalue weighted by Crippen LogP contribution is -2.55. The fraction of sp³-hybridized carbons (Fsp3) is 0.733. The van der Waals surface area contributed by atoms with Crippen LogP contribution >= 0.6 is 0 Å². The Morgan fingerprint density at radius 2 is 1.88 bits per heavy atom. The van der Waals surface area contributed by atoms with Gasteiger partial charge in [0.05, 0.1) is 0 Å². The van der Waals surface area contributed by atoms with Crippen molar-refractivity contribution < 1.29 is 34.1 Å². The van der Waals surface area contributed by atoms with Gasteiger partial charge in [-0.2, -0.15) is 0 Å². The van der Waals surface area contributed by atoms with Crippen LogP contribution in [0.3, 0.4) is 0 Å². The van der Waals surface area contributed by atoms with Crippen LogP contribution in [0, 0.1) is 5.92 Å². The minimum absolute atomic E-state index is 0.224. The number of nitrogens with zero attached hydrogens (tertiary/aromatic N) is 1. The first-order chi connectivity index (χ1) is 11.3. The Balaban J connectivity index is 2.08. The summed E-state index contributed by atoms with van der Waals surface area (Å²) in [5.74, 6) is -3.63. The van der Waals surface area contributed by atoms with Crippen molar-refractivity contribution in [3.05, 3.63) is 0 Å². The Hall–Kier alpha value is -2.16. The van der Waals surface area contributed by atoms with Gasteiger partial charge in [-0.25, -0.2) is 9.59 Å². The van der Waals surface area contributed by atoms with E-state index in [1.807, 2.05) is 6.92 Å². The largest absolute Gasteiger partial charge is 0.480 e. The van der Waals surface area contributed by atoms with Gasteiger partial charge in [0, 0.05) is 6.54 Å². The molecule has 9 nitrogen and oxygen atoms in total. The first-order valence-electron chi connectivity index (χ1n) is 7.99. The molecule has 0 aromatic rings. The molecular formula is C15H22N2O7. The van der Waals surface area contributed by atoms with E-state index in [1.54, 1.807) is 6.92 Å². The van der Waals surface area contributed by atoms with Gasteiger partial charge in [0.1, 0.15) is 12.1 Å². The molecule has 2 amide bonds. The molecule has 0 bridgehead atoms. The smallest absolute Gasteiger partial charge is 0.336 e. The molecular weight excluding hydrogens is 320 g/mol. The Morgan fingerprint density at radius 1 is 1.21 bits per heavy atom. The molecule has 9 heteroatoms. The Labute approximate surface area is 138 Å². The molecule has 2 saturated heterocycles. The summed E-state index contributed by atoms with van der Waals surface area (Å²) in [6.45, 7) is 3.96. The summed E-state index contributed by atoms with van der Waals surface area (Å²) in [5.41, 5.74) is 0. The number of rotatable bonds is 7. The fourth-order valence-electron chi connectivity index (χ4n) is 2.88. The summed E-state index contributed by atoms with van der Waals surface area (Å²) in [6, 6.07) is -1.79. The number of likely N-dealkylation sites (tertiary alicyclic amines) is 1. The van der Waals surface area contributed by atoms with Crippen LogP contribution in [0.4, 0.5) is 0 Å². The Morgan fingerprint density at radius 3 is 2.38 bits per heavy atom. The molecule has 24 heavy (non-hydrogen) atoms. The van der Waals surface area contributed by atoms with Crippen molar-refractivity contribution in [2.75, 3.05) is 6.54 Å². The zero-order valence-corrected chi connectivity index (χ0v) is 13.6. The minimum atomic E-state index is -1.23. The molecule has 2 rings (SSSR count). The molecule has 5 atom stereocenters. The summed E-state index contributed by atoms with van der Waals surface area (Å²) in [4.78, 5) is 48.2. The standard InChI is InChI=1S/C15H22N2O7/c1-3-7(2)9(16-12(18)10-11(24-10)15(22)23)13(19)17-6-4-5-8(17)14(20)21/h7-11H,3-6H2,1-2H3,(H,16,18)(H,20,21)(H,22,23). The summed E-state index contributed by atoms with van der Waals surface area (Å²) < 4.78 is 4.79. The number of epoxide rings is 1. The van der Waals surface area contributed by atoms with Gasteiger partial charge in [-0.1, -0.05) is 20.3 Å². The highest BCUT2D eigenvalue weighted by molar-refractivity contribution is 5.96. The van der Waals surface area contributed by atoms with Gasteiger partial charge in [-0.15, -0.1) is 0 Å². The van der Waals surface area contributed by atoms with Crippen molar-refractivity contribution in [1.29, 1.82) is 0 Å². The lowest BCUT2D eigenvalue weighted by Gasteiger charge is -2.30. The molecule has 3 N–H and O–H groups in total. The lowest BCUT2D eigenvalue weighted by atomic mass is 9.97. The van der Waals surface area contributed by atoms with Crippen molar-refractivity contribution in [2.45, 2.75) is 57.4 Å². The summed E-state index contributed by atoms with van der Waals surface area (Å²) in [7, 11) is 0. The van der Waals surface area contributed by atoms with Crippen molar-refractivity contribution in [2.24, 2.45) is 5.92 Å². The van der Waals surface area contributed by atoms with Gasteiger partial charge in [-0.3, -0.25) is 9.59 Å². The SMILES string of the molecule is CCC(C)C(NC(=O)C1OC1C(=O)O)C(=O)N1CCCC1C(=O)O. The van der Waals surface area contributed by atoms with Gasteiger partial charge in [-0.05, 0) is 18.8 Å². The quantitative estimate of drug-likeness (QED) is 0.528. The van der Waals surface area contributed by atoms with E-state index in [0.717, 1.165) is 0 Å². The number of hydrogen-bond acceptors (Lipinski definition) is 5. The van der Waals surface area contributed by atoms with E-state index in [0.29, 0.717) is 25.8 Å². The Kier molecular flexibility index (Phi) is 5.43. The van der Waals surface area contributed by atoms with Crippen LogP contribution in [0.1, 0.15) is 33.1 Å². The van der Waals surface area contributed by atoms with Crippen molar-refractivity contribution in [3.63, 3.8) is 0 Å². The van der Waals surface area contributed by atoms with Crippen LogP contribution in [-0.2, 0) is 23.9 Å². The van der Waals surface area contributed by atoms with E-state index in [2.05, 4.69) is 5.32 Å². The lowest BCUT2D eigenvalue weighted by molar-refractivity contribution is -0.150. The minimum Gasteiger partial charge on any atom is -0.480 e. The molecule has 134 valence electrons. The summed E-state index contributed by atoms with van der Waals surface area (Å²) in [6.07, 6.45) is -0.714. The van der Waals surface area contributed by atoms with E-state index in [-0.39, 0.29) is 5.92 Å². The maximum atomic E-state index is 12.7. The van der Waals surface area contributed by atoms with Gasteiger partial charge in [0.15, 0.2) is 12.2 Å². The molecule has 0 spiro atoms. The summed E-state index contributed by atoms with van der Waals surface area (Å²) >= 11 is 0. The van der Waals surface area contributed by atoms with Crippen molar-refractivity contribution in [1.82, 2.24) is 10.2 Å². The number of carboxylic acids is 2. The number of amides is 2. The molecule has 0 radical (unpaired) electrons. The third-order valence-electron chi connectivity index (χ3n) is 4.59. The molecule has 2 aliphatic heterocycles. The number of aliphatic carboxylic acids is 2. The molecule has 0 aromatic carbocycles. The zero-order valence-electron chi connectivity index (χ0n) is 13.6. The van der Waals surface area contributed by atoms with Crippen molar-refractivity contribution in [3.8, 4) is 0 Å². The van der Waals surface area contributed by atoms with Crippen LogP contribution in [0.2, 0.25) is 0 Å². The van der Waals surface area contributed by atoms with E-state index in [9.17, 15) is 24.3 Å². The molecule has 0 saturated carbocycles. The van der Waals surface area contributed by atoms with Crippen molar-refractivity contribution >= 4 is 23.8 Å². The highest BCUT2D eigenvalue weighted by Crippen LogP contribution is 2.25. The molecule has 0 aliphatic carbocycles. The molecule has 5 unspecified atom stereocenters. The predicted molar refractivity (Wildman–Crippen MR) is 80.1 cm³/mol. The van der Waals surface area contributed by atoms with Crippen LogP contribution in [0.15, 0.2) is 0 Å². The average molecular weight is 342 g/mol. The normalized spacial score (nSPS) is 28.1.